The molecule has 0 aliphatic heterocycles. The van der Waals surface area contributed by atoms with E-state index in [0.29, 0.717) is 21.3 Å². The Labute approximate surface area is 90.4 Å². The van der Waals surface area contributed by atoms with E-state index in [2.05, 4.69) is 4.98 Å². The van der Waals surface area contributed by atoms with Crippen molar-refractivity contribution in [2.45, 2.75) is 0 Å². The lowest BCUT2D eigenvalue weighted by atomic mass is 10.2. The first-order chi connectivity index (χ1) is 6.68. The van der Waals surface area contributed by atoms with E-state index in [9.17, 15) is 0 Å². The van der Waals surface area contributed by atoms with Gasteiger partial charge in [0.1, 0.15) is 12.0 Å². The van der Waals surface area contributed by atoms with Crippen LogP contribution in [-0.4, -0.2) is 4.98 Å². The van der Waals surface area contributed by atoms with Crippen LogP contribution in [0.2, 0.25) is 10.0 Å². The fourth-order valence-electron chi connectivity index (χ4n) is 1.11. The Morgan fingerprint density at radius 2 is 2.07 bits per heavy atom. The zero-order valence-electron chi connectivity index (χ0n) is 7.00. The second kappa shape index (κ2) is 3.52. The summed E-state index contributed by atoms with van der Waals surface area (Å²) >= 11 is 11.8. The zero-order chi connectivity index (χ0) is 10.1. The Balaban J connectivity index is 2.57. The van der Waals surface area contributed by atoms with Crippen molar-refractivity contribution in [3.8, 4) is 11.3 Å². The third-order valence-electron chi connectivity index (χ3n) is 1.75. The SMILES string of the molecule is Nc1nc(-c2cccc(Cl)c2Cl)co1. The lowest BCUT2D eigenvalue weighted by Crippen LogP contribution is -1.84. The van der Waals surface area contributed by atoms with Crippen LogP contribution in [0.25, 0.3) is 11.3 Å². The molecule has 0 saturated carbocycles. The average molecular weight is 229 g/mol. The minimum atomic E-state index is 0.107. The van der Waals surface area contributed by atoms with E-state index in [1.807, 2.05) is 0 Å². The molecule has 72 valence electrons. The van der Waals surface area contributed by atoms with Crippen LogP contribution >= 0.6 is 23.2 Å². The van der Waals surface area contributed by atoms with Crippen LogP contribution in [0.15, 0.2) is 28.9 Å². The molecule has 2 rings (SSSR count). The lowest BCUT2D eigenvalue weighted by molar-refractivity contribution is 0.581. The van der Waals surface area contributed by atoms with E-state index in [-0.39, 0.29) is 6.01 Å². The van der Waals surface area contributed by atoms with Crippen molar-refractivity contribution in [3.63, 3.8) is 0 Å². The van der Waals surface area contributed by atoms with Crippen LogP contribution in [0, 0.1) is 0 Å². The molecule has 14 heavy (non-hydrogen) atoms. The Hall–Kier alpha value is -1.19. The fourth-order valence-corrected chi connectivity index (χ4v) is 1.51. The van der Waals surface area contributed by atoms with Gasteiger partial charge in [0, 0.05) is 5.56 Å². The van der Waals surface area contributed by atoms with Gasteiger partial charge in [0.2, 0.25) is 0 Å². The molecule has 0 spiro atoms. The topological polar surface area (TPSA) is 52.0 Å². The quantitative estimate of drug-likeness (QED) is 0.816. The summed E-state index contributed by atoms with van der Waals surface area (Å²) in [7, 11) is 0. The van der Waals surface area contributed by atoms with Crippen LogP contribution in [0.1, 0.15) is 0 Å². The summed E-state index contributed by atoms with van der Waals surface area (Å²) in [5, 5.41) is 0.924. The Morgan fingerprint density at radius 1 is 1.29 bits per heavy atom. The number of nitrogens with two attached hydrogens (primary N) is 1. The van der Waals surface area contributed by atoms with Crippen LogP contribution in [0.5, 0.6) is 0 Å². The number of anilines is 1. The minimum Gasteiger partial charge on any atom is -0.432 e. The van der Waals surface area contributed by atoms with Gasteiger partial charge in [-0.15, -0.1) is 0 Å². The predicted molar refractivity (Wildman–Crippen MR) is 56.4 cm³/mol. The van der Waals surface area contributed by atoms with Crippen molar-refractivity contribution in [2.24, 2.45) is 0 Å². The first-order valence-electron chi connectivity index (χ1n) is 3.84. The standard InChI is InChI=1S/C9H6Cl2N2O/c10-6-3-1-2-5(8(6)11)7-4-14-9(12)13-7/h1-4H,(H2,12,13). The smallest absolute Gasteiger partial charge is 0.292 e. The molecule has 3 nitrogen and oxygen atoms in total. The highest BCUT2D eigenvalue weighted by Gasteiger charge is 2.09. The Morgan fingerprint density at radius 3 is 2.71 bits per heavy atom. The molecule has 0 bridgehead atoms. The largest absolute Gasteiger partial charge is 0.432 e. The van der Waals surface area contributed by atoms with Crippen molar-refractivity contribution in [2.75, 3.05) is 5.73 Å². The van der Waals surface area contributed by atoms with Crippen molar-refractivity contribution in [1.29, 1.82) is 0 Å². The summed E-state index contributed by atoms with van der Waals surface area (Å²) in [6, 6.07) is 5.40. The summed E-state index contributed by atoms with van der Waals surface area (Å²) in [6.45, 7) is 0. The molecule has 1 heterocycles. The predicted octanol–water partition coefficient (Wildman–Crippen LogP) is 3.23. The average Bonchev–Trinajstić information content (AvgIpc) is 2.57. The van der Waals surface area contributed by atoms with Gasteiger partial charge in [-0.1, -0.05) is 35.3 Å². The minimum absolute atomic E-state index is 0.107. The van der Waals surface area contributed by atoms with E-state index in [4.69, 9.17) is 33.4 Å². The van der Waals surface area contributed by atoms with Gasteiger partial charge in [0.15, 0.2) is 0 Å². The molecule has 0 radical (unpaired) electrons. The number of nitrogen functional groups attached to an aromatic ring is 1. The monoisotopic (exact) mass is 228 g/mol. The number of hydrogen-bond acceptors (Lipinski definition) is 3. The van der Waals surface area contributed by atoms with Gasteiger partial charge in [0.05, 0.1) is 10.0 Å². The lowest BCUT2D eigenvalue weighted by Gasteiger charge is -2.00. The third kappa shape index (κ3) is 1.56. The number of aromatic nitrogens is 1. The van der Waals surface area contributed by atoms with E-state index in [0.717, 1.165) is 0 Å². The number of benzene rings is 1. The molecular weight excluding hydrogens is 223 g/mol. The van der Waals surface area contributed by atoms with Crippen LogP contribution in [-0.2, 0) is 0 Å². The maximum atomic E-state index is 5.98. The van der Waals surface area contributed by atoms with Gasteiger partial charge in [-0.25, -0.2) is 0 Å². The molecule has 0 aliphatic rings. The highest BCUT2D eigenvalue weighted by atomic mass is 35.5. The van der Waals surface area contributed by atoms with Gasteiger partial charge < -0.3 is 10.2 Å². The van der Waals surface area contributed by atoms with E-state index >= 15 is 0 Å². The molecule has 5 heteroatoms. The molecular formula is C9H6Cl2N2O. The molecule has 0 unspecified atom stereocenters. The second-order valence-electron chi connectivity index (χ2n) is 2.67. The number of hydrogen-bond donors (Lipinski definition) is 1. The van der Waals surface area contributed by atoms with Gasteiger partial charge in [-0.2, -0.15) is 4.98 Å². The highest BCUT2D eigenvalue weighted by Crippen LogP contribution is 2.32. The third-order valence-corrected chi connectivity index (χ3v) is 2.57. The van der Waals surface area contributed by atoms with Gasteiger partial charge >= 0.3 is 0 Å². The summed E-state index contributed by atoms with van der Waals surface area (Å²) in [5.41, 5.74) is 6.64. The Kier molecular flexibility index (Phi) is 2.35. The zero-order valence-corrected chi connectivity index (χ0v) is 8.51. The Bertz CT molecular complexity index is 468. The number of rotatable bonds is 1. The number of oxazole rings is 1. The normalized spacial score (nSPS) is 10.4. The van der Waals surface area contributed by atoms with Crippen LogP contribution in [0.3, 0.4) is 0 Å². The van der Waals surface area contributed by atoms with E-state index in [1.54, 1.807) is 18.2 Å². The fraction of sp³-hybridized carbons (Fsp3) is 0. The van der Waals surface area contributed by atoms with Gasteiger partial charge in [0.25, 0.3) is 6.01 Å². The summed E-state index contributed by atoms with van der Waals surface area (Å²) < 4.78 is 4.88. The van der Waals surface area contributed by atoms with Crippen LogP contribution < -0.4 is 5.73 Å². The first-order valence-corrected chi connectivity index (χ1v) is 4.59. The molecule has 2 N–H and O–H groups in total. The summed E-state index contributed by atoms with van der Waals surface area (Å²) in [5.74, 6) is 0. The molecule has 1 aromatic carbocycles. The second-order valence-corrected chi connectivity index (χ2v) is 3.46. The molecule has 0 fully saturated rings. The molecule has 0 aliphatic carbocycles. The van der Waals surface area contributed by atoms with Gasteiger partial charge in [-0.3, -0.25) is 0 Å². The first kappa shape index (κ1) is 9.37. The molecule has 0 atom stereocenters. The molecule has 0 saturated heterocycles. The maximum absolute atomic E-state index is 5.98. The number of halogens is 2. The van der Waals surface area contributed by atoms with Crippen molar-refractivity contribution in [1.82, 2.24) is 4.98 Å². The van der Waals surface area contributed by atoms with Crippen molar-refractivity contribution < 1.29 is 4.42 Å². The summed E-state index contributed by atoms with van der Waals surface area (Å²) in [6.07, 6.45) is 1.44. The van der Waals surface area contributed by atoms with Gasteiger partial charge in [-0.05, 0) is 6.07 Å². The molecule has 2 aromatic rings. The van der Waals surface area contributed by atoms with Crippen molar-refractivity contribution in [3.05, 3.63) is 34.5 Å². The molecule has 1 aromatic heterocycles. The van der Waals surface area contributed by atoms with E-state index in [1.165, 1.54) is 6.26 Å². The summed E-state index contributed by atoms with van der Waals surface area (Å²) in [4.78, 5) is 3.95. The van der Waals surface area contributed by atoms with Crippen LogP contribution in [0.4, 0.5) is 6.01 Å². The molecule has 0 amide bonds. The highest BCUT2D eigenvalue weighted by molar-refractivity contribution is 6.43. The van der Waals surface area contributed by atoms with Crippen molar-refractivity contribution >= 4 is 29.2 Å². The maximum Gasteiger partial charge on any atom is 0.292 e. The van der Waals surface area contributed by atoms with E-state index < -0.39 is 0 Å². The number of nitrogens with zero attached hydrogens (tertiary/aromatic N) is 1.